The van der Waals surface area contributed by atoms with Crippen LogP contribution in [0, 0.1) is 0 Å². The van der Waals surface area contributed by atoms with Crippen molar-refractivity contribution in [3.8, 4) is 17.2 Å². The maximum absolute atomic E-state index is 13.2. The molecule has 4 rings (SSSR count). The van der Waals surface area contributed by atoms with Crippen LogP contribution in [0.4, 0.5) is 0 Å². The molecule has 40 heavy (non-hydrogen) atoms. The van der Waals surface area contributed by atoms with Gasteiger partial charge in [-0.1, -0.05) is 71.0 Å². The molecule has 4 nitrogen and oxygen atoms in total. The molecular weight excluding hydrogens is 516 g/mol. The van der Waals surface area contributed by atoms with Crippen molar-refractivity contribution in [3.63, 3.8) is 0 Å². The largest absolute Gasteiger partial charge is 0.491 e. The van der Waals surface area contributed by atoms with Crippen LogP contribution in [0.25, 0.3) is 0 Å². The van der Waals surface area contributed by atoms with E-state index in [0.29, 0.717) is 11.5 Å². The van der Waals surface area contributed by atoms with Gasteiger partial charge in [-0.2, -0.15) is 0 Å². The van der Waals surface area contributed by atoms with E-state index in [-0.39, 0.29) is 26.7 Å². The molecule has 0 aliphatic carbocycles. The highest BCUT2D eigenvalue weighted by Crippen LogP contribution is 2.35. The topological polar surface area (TPSA) is 52.6 Å². The highest BCUT2D eigenvalue weighted by molar-refractivity contribution is 7.91. The average Bonchev–Trinajstić information content (AvgIpc) is 2.94. The van der Waals surface area contributed by atoms with Crippen molar-refractivity contribution in [3.05, 3.63) is 114 Å². The molecule has 4 aromatic rings. The first-order chi connectivity index (χ1) is 18.8. The molecule has 210 valence electrons. The predicted octanol–water partition coefficient (Wildman–Crippen LogP) is 9.11. The third-order valence-electron chi connectivity index (χ3n) is 7.72. The number of sulfone groups is 1. The molecule has 4 aromatic carbocycles. The van der Waals surface area contributed by atoms with Crippen LogP contribution in [0.2, 0.25) is 0 Å². The lowest BCUT2D eigenvalue weighted by atomic mass is 9.78. The second kappa shape index (κ2) is 11.5. The number of benzene rings is 4. The zero-order valence-corrected chi connectivity index (χ0v) is 25.4. The third-order valence-corrected chi connectivity index (χ3v) is 9.51. The van der Waals surface area contributed by atoms with Gasteiger partial charge >= 0.3 is 0 Å². The van der Waals surface area contributed by atoms with Crippen LogP contribution in [0.3, 0.4) is 0 Å². The van der Waals surface area contributed by atoms with E-state index in [1.165, 1.54) is 5.56 Å². The summed E-state index contributed by atoms with van der Waals surface area (Å²) in [6.45, 7) is 14.9. The van der Waals surface area contributed by atoms with Gasteiger partial charge in [-0.25, -0.2) is 8.42 Å². The van der Waals surface area contributed by atoms with Crippen molar-refractivity contribution in [2.24, 2.45) is 0 Å². The third kappa shape index (κ3) is 6.42. The lowest BCUT2D eigenvalue weighted by Crippen LogP contribution is -2.18. The Bertz CT molecular complexity index is 1510. The number of hydrogen-bond acceptors (Lipinski definition) is 4. The van der Waals surface area contributed by atoms with E-state index < -0.39 is 9.84 Å². The first kappa shape index (κ1) is 29.4. The van der Waals surface area contributed by atoms with Crippen LogP contribution >= 0.6 is 0 Å². The molecule has 0 bridgehead atoms. The highest BCUT2D eigenvalue weighted by Gasteiger charge is 2.24. The average molecular weight is 557 g/mol. The van der Waals surface area contributed by atoms with Gasteiger partial charge in [0.05, 0.1) is 15.9 Å². The van der Waals surface area contributed by atoms with Gasteiger partial charge in [-0.3, -0.25) is 0 Å². The van der Waals surface area contributed by atoms with E-state index >= 15 is 0 Å². The minimum Gasteiger partial charge on any atom is -0.491 e. The Morgan fingerprint density at radius 3 is 1.40 bits per heavy atom. The van der Waals surface area contributed by atoms with Gasteiger partial charge in [0, 0.05) is 5.41 Å². The van der Waals surface area contributed by atoms with Gasteiger partial charge in [-0.15, -0.1) is 0 Å². The summed E-state index contributed by atoms with van der Waals surface area (Å²) in [6, 6.07) is 30.1. The second-order valence-corrected chi connectivity index (χ2v) is 13.6. The summed E-state index contributed by atoms with van der Waals surface area (Å²) < 4.78 is 38.2. The molecule has 0 aliphatic heterocycles. The summed E-state index contributed by atoms with van der Waals surface area (Å²) in [5, 5.41) is 0. The molecule has 0 amide bonds. The van der Waals surface area contributed by atoms with Crippen molar-refractivity contribution >= 4 is 9.84 Å². The zero-order valence-electron chi connectivity index (χ0n) is 24.6. The minimum atomic E-state index is -3.62. The predicted molar refractivity (Wildman–Crippen MR) is 163 cm³/mol. The maximum atomic E-state index is 13.2. The Balaban J connectivity index is 1.45. The molecule has 0 radical (unpaired) electrons. The summed E-state index contributed by atoms with van der Waals surface area (Å²) in [4.78, 5) is 0.529. The molecule has 0 spiro atoms. The minimum absolute atomic E-state index is 0.00342. The summed E-state index contributed by atoms with van der Waals surface area (Å²) >= 11 is 0. The number of rotatable bonds is 10. The van der Waals surface area contributed by atoms with Crippen molar-refractivity contribution in [1.82, 2.24) is 0 Å². The second-order valence-electron chi connectivity index (χ2n) is 11.7. The molecular formula is C35H40O4S. The van der Waals surface area contributed by atoms with Gasteiger partial charge in [0.15, 0.2) is 0 Å². The molecule has 0 aromatic heterocycles. The maximum Gasteiger partial charge on any atom is 0.206 e. The van der Waals surface area contributed by atoms with Crippen LogP contribution < -0.4 is 9.47 Å². The quantitative estimate of drug-likeness (QED) is 0.195. The highest BCUT2D eigenvalue weighted by atomic mass is 32.2. The molecule has 0 fully saturated rings. The Morgan fingerprint density at radius 2 is 0.975 bits per heavy atom. The lowest BCUT2D eigenvalue weighted by molar-refractivity contribution is 0.242. The van der Waals surface area contributed by atoms with Gasteiger partial charge in [-0.05, 0) is 103 Å². The van der Waals surface area contributed by atoms with Gasteiger partial charge in [0.25, 0.3) is 0 Å². The van der Waals surface area contributed by atoms with E-state index in [0.717, 1.165) is 23.3 Å². The van der Waals surface area contributed by atoms with Crippen LogP contribution in [0.15, 0.2) is 107 Å². The Hall–Kier alpha value is -3.57. The summed E-state index contributed by atoms with van der Waals surface area (Å²) in [5.74, 6) is 2.13. The summed E-state index contributed by atoms with van der Waals surface area (Å²) in [7, 11) is -3.62. The molecule has 5 heteroatoms. The van der Waals surface area contributed by atoms with E-state index in [1.807, 2.05) is 50.2 Å². The molecule has 0 saturated heterocycles. The van der Waals surface area contributed by atoms with Crippen LogP contribution in [-0.4, -0.2) is 14.5 Å². The number of ether oxygens (including phenoxy) is 2. The van der Waals surface area contributed by atoms with Crippen molar-refractivity contribution in [1.29, 1.82) is 0 Å². The molecule has 0 unspecified atom stereocenters. The Morgan fingerprint density at radius 1 is 0.600 bits per heavy atom. The molecule has 0 heterocycles. The lowest BCUT2D eigenvalue weighted by Gasteiger charge is -2.26. The summed E-state index contributed by atoms with van der Waals surface area (Å²) in [5.41, 5.74) is 3.28. The molecule has 0 aliphatic rings. The van der Waals surface area contributed by atoms with E-state index in [4.69, 9.17) is 9.47 Å². The monoisotopic (exact) mass is 556 g/mol. The first-order valence-corrected chi connectivity index (χ1v) is 15.3. The van der Waals surface area contributed by atoms with Gasteiger partial charge in [0.1, 0.15) is 17.2 Å². The fourth-order valence-electron chi connectivity index (χ4n) is 4.58. The van der Waals surface area contributed by atoms with Gasteiger partial charge in [0.2, 0.25) is 9.84 Å². The zero-order chi connectivity index (χ0) is 29.1. The fourth-order valence-corrected chi connectivity index (χ4v) is 5.84. The van der Waals surface area contributed by atoms with E-state index in [1.54, 1.807) is 36.4 Å². The van der Waals surface area contributed by atoms with Crippen LogP contribution in [0.5, 0.6) is 17.2 Å². The Kier molecular flexibility index (Phi) is 8.46. The van der Waals surface area contributed by atoms with Crippen molar-refractivity contribution in [2.75, 3.05) is 0 Å². The SMILES string of the molecule is CCC(C)(C)c1ccc(S(=O)(=O)c2ccc(Oc3ccc(C(C)(C)c4ccc(OC(C)C)cc4)cc3)cc2)cc1. The van der Waals surface area contributed by atoms with Crippen LogP contribution in [0.1, 0.15) is 71.6 Å². The van der Waals surface area contributed by atoms with Crippen LogP contribution in [-0.2, 0) is 20.7 Å². The number of hydrogen-bond donors (Lipinski definition) is 0. The van der Waals surface area contributed by atoms with Gasteiger partial charge < -0.3 is 9.47 Å². The Labute approximate surface area is 239 Å². The summed E-state index contributed by atoms with van der Waals surface area (Å²) in [6.07, 6.45) is 1.12. The van der Waals surface area contributed by atoms with E-state index in [9.17, 15) is 8.42 Å². The fraction of sp³-hybridized carbons (Fsp3) is 0.314. The molecule has 0 atom stereocenters. The van der Waals surface area contributed by atoms with Crippen molar-refractivity contribution in [2.45, 2.75) is 81.6 Å². The normalized spacial score (nSPS) is 12.4. The molecule has 0 saturated carbocycles. The molecule has 0 N–H and O–H groups in total. The van der Waals surface area contributed by atoms with Crippen molar-refractivity contribution < 1.29 is 17.9 Å². The smallest absolute Gasteiger partial charge is 0.206 e. The van der Waals surface area contributed by atoms with E-state index in [2.05, 4.69) is 58.9 Å². The standard InChI is InChI=1S/C35H40O4S/c1-8-34(4,5)26-13-21-32(22-14-26)40(36,37)33-23-19-31(20-24-33)39-30-17-11-28(12-18-30)35(6,7)27-9-15-29(16-10-27)38-25(2)3/h9-25H,8H2,1-7H3. The first-order valence-electron chi connectivity index (χ1n) is 13.8.